The molecule has 2 N–H and O–H groups in total. The van der Waals surface area contributed by atoms with Crippen LogP contribution in [0.2, 0.25) is 0 Å². The number of Topliss-reactive ketones (excluding diaryl/α,β-unsaturated/α-hetero) is 1. The fraction of sp³-hybridized carbons (Fsp3) is 0.789. The Hall–Kier alpha value is -1.61. The van der Waals surface area contributed by atoms with Crippen molar-refractivity contribution in [1.82, 2.24) is 15.6 Å². The van der Waals surface area contributed by atoms with Crippen LogP contribution in [0.15, 0.2) is 5.10 Å². The second kappa shape index (κ2) is 10.2. The molecule has 8 nitrogen and oxygen atoms in total. The van der Waals surface area contributed by atoms with Gasteiger partial charge in [-0.25, -0.2) is 5.43 Å². The van der Waals surface area contributed by atoms with E-state index >= 15 is 0 Å². The molecule has 28 heavy (non-hydrogen) atoms. The number of thioether (sulfide) groups is 1. The average Bonchev–Trinajstić information content (AvgIpc) is 3.10. The summed E-state index contributed by atoms with van der Waals surface area (Å²) in [6.45, 7) is 4.49. The highest BCUT2D eigenvalue weighted by molar-refractivity contribution is 8.14. The van der Waals surface area contributed by atoms with E-state index in [1.54, 1.807) is 7.11 Å². The SMILES string of the molecule is COC(C)(C)CC(NC(=O)C1CCCCC1)C(=O)C(=O)N/N=C1\SCCN1C. The third kappa shape index (κ3) is 6.48. The van der Waals surface area contributed by atoms with E-state index in [0.717, 1.165) is 44.4 Å². The maximum absolute atomic E-state index is 12.8. The lowest BCUT2D eigenvalue weighted by Gasteiger charge is -2.29. The van der Waals surface area contributed by atoms with Gasteiger partial charge in [-0.2, -0.15) is 0 Å². The van der Waals surface area contributed by atoms with Gasteiger partial charge in [-0.05, 0) is 26.7 Å². The summed E-state index contributed by atoms with van der Waals surface area (Å²) in [5.41, 5.74) is 1.68. The summed E-state index contributed by atoms with van der Waals surface area (Å²) in [6.07, 6.45) is 5.03. The molecule has 0 aromatic rings. The molecule has 0 radical (unpaired) electrons. The molecule has 1 heterocycles. The van der Waals surface area contributed by atoms with Crippen LogP contribution >= 0.6 is 11.8 Å². The molecule has 2 fully saturated rings. The van der Waals surface area contributed by atoms with Gasteiger partial charge in [-0.3, -0.25) is 14.4 Å². The van der Waals surface area contributed by atoms with Crippen LogP contribution in [-0.4, -0.2) is 65.8 Å². The Morgan fingerprint density at radius 3 is 2.54 bits per heavy atom. The molecule has 158 valence electrons. The number of ether oxygens (including phenoxy) is 1. The lowest BCUT2D eigenvalue weighted by atomic mass is 9.87. The first-order valence-electron chi connectivity index (χ1n) is 9.85. The zero-order chi connectivity index (χ0) is 20.7. The van der Waals surface area contributed by atoms with E-state index in [9.17, 15) is 14.4 Å². The number of carbonyl (C=O) groups excluding carboxylic acids is 3. The van der Waals surface area contributed by atoms with Crippen LogP contribution in [-0.2, 0) is 19.1 Å². The van der Waals surface area contributed by atoms with E-state index in [1.807, 2.05) is 25.8 Å². The maximum Gasteiger partial charge on any atom is 0.309 e. The summed E-state index contributed by atoms with van der Waals surface area (Å²) < 4.78 is 5.41. The van der Waals surface area contributed by atoms with Gasteiger partial charge in [0.15, 0.2) is 5.17 Å². The summed E-state index contributed by atoms with van der Waals surface area (Å²) in [5.74, 6) is -0.892. The summed E-state index contributed by atoms with van der Waals surface area (Å²) in [6, 6.07) is -0.946. The predicted octanol–water partition coefficient (Wildman–Crippen LogP) is 1.50. The quantitative estimate of drug-likeness (QED) is 0.463. The van der Waals surface area contributed by atoms with E-state index in [0.29, 0.717) is 5.17 Å². The molecule has 2 rings (SSSR count). The zero-order valence-electron chi connectivity index (χ0n) is 17.2. The highest BCUT2D eigenvalue weighted by Crippen LogP contribution is 2.24. The van der Waals surface area contributed by atoms with Crippen molar-refractivity contribution in [1.29, 1.82) is 0 Å². The van der Waals surface area contributed by atoms with E-state index in [2.05, 4.69) is 15.8 Å². The highest BCUT2D eigenvalue weighted by Gasteiger charge is 2.34. The van der Waals surface area contributed by atoms with Gasteiger partial charge in [0.2, 0.25) is 11.7 Å². The van der Waals surface area contributed by atoms with Crippen molar-refractivity contribution in [2.24, 2.45) is 11.0 Å². The molecule has 1 unspecified atom stereocenters. The molecule has 0 bridgehead atoms. The first-order valence-corrected chi connectivity index (χ1v) is 10.8. The number of methoxy groups -OCH3 is 1. The van der Waals surface area contributed by atoms with Crippen molar-refractivity contribution in [3.8, 4) is 0 Å². The number of amidine groups is 1. The molecular weight excluding hydrogens is 380 g/mol. The summed E-state index contributed by atoms with van der Waals surface area (Å²) in [4.78, 5) is 39.7. The van der Waals surface area contributed by atoms with E-state index < -0.39 is 23.3 Å². The normalized spacial score (nSPS) is 20.9. The number of carbonyl (C=O) groups is 3. The van der Waals surface area contributed by atoms with Gasteiger partial charge in [0, 0.05) is 38.8 Å². The van der Waals surface area contributed by atoms with Gasteiger partial charge in [-0.1, -0.05) is 31.0 Å². The Morgan fingerprint density at radius 2 is 1.96 bits per heavy atom. The minimum Gasteiger partial charge on any atom is -0.379 e. The number of hydrogen-bond acceptors (Lipinski definition) is 6. The van der Waals surface area contributed by atoms with Crippen molar-refractivity contribution in [2.45, 2.75) is 64.0 Å². The lowest BCUT2D eigenvalue weighted by Crippen LogP contribution is -2.51. The van der Waals surface area contributed by atoms with Crippen LogP contribution in [0.3, 0.4) is 0 Å². The minimum absolute atomic E-state index is 0.0958. The molecule has 1 aliphatic heterocycles. The number of rotatable bonds is 8. The van der Waals surface area contributed by atoms with Gasteiger partial charge in [0.05, 0.1) is 5.60 Å². The van der Waals surface area contributed by atoms with Crippen LogP contribution in [0.25, 0.3) is 0 Å². The van der Waals surface area contributed by atoms with Gasteiger partial charge in [0.25, 0.3) is 0 Å². The molecule has 1 saturated heterocycles. The van der Waals surface area contributed by atoms with Gasteiger partial charge >= 0.3 is 5.91 Å². The molecule has 0 aromatic carbocycles. The number of hydrazone groups is 1. The molecular formula is C19H32N4O4S. The minimum atomic E-state index is -0.946. The number of nitrogens with one attached hydrogen (secondary N) is 2. The fourth-order valence-electron chi connectivity index (χ4n) is 3.35. The monoisotopic (exact) mass is 412 g/mol. The number of nitrogens with zero attached hydrogens (tertiary/aromatic N) is 2. The lowest BCUT2D eigenvalue weighted by molar-refractivity contribution is -0.141. The van der Waals surface area contributed by atoms with Crippen molar-refractivity contribution in [3.05, 3.63) is 0 Å². The molecule has 0 aromatic heterocycles. The summed E-state index contributed by atoms with van der Waals surface area (Å²) in [7, 11) is 3.42. The number of ketones is 1. The maximum atomic E-state index is 12.8. The Morgan fingerprint density at radius 1 is 1.29 bits per heavy atom. The van der Waals surface area contributed by atoms with Crippen molar-refractivity contribution < 1.29 is 19.1 Å². The highest BCUT2D eigenvalue weighted by atomic mass is 32.2. The molecule has 1 aliphatic carbocycles. The first-order chi connectivity index (χ1) is 13.2. The fourth-order valence-corrected chi connectivity index (χ4v) is 4.32. The predicted molar refractivity (Wildman–Crippen MR) is 110 cm³/mol. The van der Waals surface area contributed by atoms with Crippen molar-refractivity contribution in [2.75, 3.05) is 26.5 Å². The van der Waals surface area contributed by atoms with E-state index in [-0.39, 0.29) is 18.2 Å². The zero-order valence-corrected chi connectivity index (χ0v) is 18.1. The van der Waals surface area contributed by atoms with Crippen LogP contribution < -0.4 is 10.7 Å². The first kappa shape index (κ1) is 22.7. The van der Waals surface area contributed by atoms with Gasteiger partial charge in [0.1, 0.15) is 6.04 Å². The van der Waals surface area contributed by atoms with Gasteiger partial charge < -0.3 is 15.0 Å². The van der Waals surface area contributed by atoms with Crippen LogP contribution in [0.4, 0.5) is 0 Å². The Bertz CT molecular complexity index is 617. The second-order valence-corrected chi connectivity index (χ2v) is 9.10. The van der Waals surface area contributed by atoms with Crippen LogP contribution in [0, 0.1) is 5.92 Å². The molecule has 0 spiro atoms. The topological polar surface area (TPSA) is 100 Å². The summed E-state index contributed by atoms with van der Waals surface area (Å²) in [5, 5.41) is 7.50. The van der Waals surface area contributed by atoms with Crippen LogP contribution in [0.5, 0.6) is 0 Å². The molecule has 2 amide bonds. The van der Waals surface area contributed by atoms with E-state index in [4.69, 9.17) is 4.74 Å². The molecule has 9 heteroatoms. The standard InChI is InChI=1S/C19H32N4O4S/c1-19(2,27-4)12-14(20-16(25)13-8-6-5-7-9-13)15(24)17(26)21-22-18-23(3)10-11-28-18/h13-14H,5-12H2,1-4H3,(H,20,25)(H,21,26)/b22-18-. The Labute approximate surface area is 171 Å². The van der Waals surface area contributed by atoms with Crippen molar-refractivity contribution in [3.63, 3.8) is 0 Å². The van der Waals surface area contributed by atoms with Gasteiger partial charge in [-0.15, -0.1) is 5.10 Å². The number of amides is 2. The smallest absolute Gasteiger partial charge is 0.309 e. The Balaban J connectivity index is 2.04. The third-order valence-electron chi connectivity index (χ3n) is 5.32. The third-order valence-corrected chi connectivity index (χ3v) is 6.37. The largest absolute Gasteiger partial charge is 0.379 e. The molecule has 1 saturated carbocycles. The van der Waals surface area contributed by atoms with Crippen LogP contribution in [0.1, 0.15) is 52.4 Å². The molecule has 2 aliphatic rings. The number of hydrogen-bond donors (Lipinski definition) is 2. The summed E-state index contributed by atoms with van der Waals surface area (Å²) >= 11 is 1.52. The van der Waals surface area contributed by atoms with Crippen molar-refractivity contribution >= 4 is 34.5 Å². The molecule has 1 atom stereocenters. The van der Waals surface area contributed by atoms with E-state index in [1.165, 1.54) is 11.8 Å². The second-order valence-electron chi connectivity index (χ2n) is 8.03. The Kier molecular flexibility index (Phi) is 8.30. The average molecular weight is 413 g/mol.